The second-order valence-corrected chi connectivity index (χ2v) is 8.82. The highest BCUT2D eigenvalue weighted by Gasteiger charge is 2.19. The Morgan fingerprint density at radius 2 is 1.95 bits per heavy atom. The lowest BCUT2D eigenvalue weighted by molar-refractivity contribution is -0.115. The number of nitrogens with zero attached hydrogens (tertiary/aromatic N) is 2. The fourth-order valence-electron chi connectivity index (χ4n) is 1.55. The van der Waals surface area contributed by atoms with Crippen molar-refractivity contribution in [2.45, 2.75) is 37.5 Å². The van der Waals surface area contributed by atoms with Crippen LogP contribution in [0.5, 0.6) is 0 Å². The Morgan fingerprint density at radius 3 is 2.55 bits per heavy atom. The lowest BCUT2D eigenvalue weighted by Gasteiger charge is -2.12. The highest BCUT2D eigenvalue weighted by Crippen LogP contribution is 2.28. The van der Waals surface area contributed by atoms with Gasteiger partial charge >= 0.3 is 0 Å². The smallest absolute Gasteiger partial charge is 0.227 e. The molecule has 0 aliphatic rings. The van der Waals surface area contributed by atoms with Gasteiger partial charge in [0, 0.05) is 27.0 Å². The average molecular weight is 400 g/mol. The number of nitrogens with one attached hydrogen (secondary N) is 1. The van der Waals surface area contributed by atoms with E-state index in [1.54, 1.807) is 11.8 Å². The summed E-state index contributed by atoms with van der Waals surface area (Å²) in [5.74, 6) is 0.708. The molecular formula is C15H18BrN3OS2. The standard InChI is InChI=1S/C15H18BrN3OS2/c1-15(2,3)13-18-19-14(22-13)17-12(20)8-9-21-11-6-4-10(16)5-7-11/h4-7H,8-9H2,1-3H3,(H,17,19,20). The highest BCUT2D eigenvalue weighted by molar-refractivity contribution is 9.10. The molecule has 1 N–H and O–H groups in total. The van der Waals surface area contributed by atoms with E-state index in [-0.39, 0.29) is 11.3 Å². The molecule has 0 unspecified atom stereocenters. The molecule has 0 fully saturated rings. The number of aromatic nitrogens is 2. The van der Waals surface area contributed by atoms with Gasteiger partial charge in [-0.3, -0.25) is 4.79 Å². The van der Waals surface area contributed by atoms with E-state index >= 15 is 0 Å². The lowest BCUT2D eigenvalue weighted by Crippen LogP contribution is -2.11. The number of carbonyl (C=O) groups is 1. The highest BCUT2D eigenvalue weighted by atomic mass is 79.9. The number of anilines is 1. The van der Waals surface area contributed by atoms with Gasteiger partial charge in [0.25, 0.3) is 0 Å². The van der Waals surface area contributed by atoms with Crippen molar-refractivity contribution in [1.82, 2.24) is 10.2 Å². The molecule has 0 bridgehead atoms. The Bertz CT molecular complexity index is 635. The molecule has 0 aliphatic heterocycles. The number of rotatable bonds is 5. The van der Waals surface area contributed by atoms with Gasteiger partial charge in [0.05, 0.1) is 0 Å². The van der Waals surface area contributed by atoms with Gasteiger partial charge in [-0.15, -0.1) is 22.0 Å². The van der Waals surface area contributed by atoms with Crippen LogP contribution >= 0.6 is 39.0 Å². The summed E-state index contributed by atoms with van der Waals surface area (Å²) < 4.78 is 1.06. The molecule has 7 heteroatoms. The Labute approximate surface area is 147 Å². The van der Waals surface area contributed by atoms with E-state index in [2.05, 4.69) is 52.2 Å². The molecule has 0 saturated heterocycles. The van der Waals surface area contributed by atoms with Crippen molar-refractivity contribution in [3.05, 3.63) is 33.7 Å². The SMILES string of the molecule is CC(C)(C)c1nnc(NC(=O)CCSc2ccc(Br)cc2)s1. The predicted octanol–water partition coefficient (Wildman–Crippen LogP) is 4.72. The van der Waals surface area contributed by atoms with Crippen LogP contribution in [0.3, 0.4) is 0 Å². The van der Waals surface area contributed by atoms with Gasteiger partial charge in [-0.05, 0) is 24.3 Å². The van der Waals surface area contributed by atoms with Crippen LogP contribution in [-0.4, -0.2) is 21.9 Å². The van der Waals surface area contributed by atoms with Gasteiger partial charge in [0.15, 0.2) is 0 Å². The number of benzene rings is 1. The van der Waals surface area contributed by atoms with E-state index in [4.69, 9.17) is 0 Å². The van der Waals surface area contributed by atoms with Crippen LogP contribution in [0.4, 0.5) is 5.13 Å². The van der Waals surface area contributed by atoms with Gasteiger partial charge in [0.1, 0.15) is 5.01 Å². The summed E-state index contributed by atoms with van der Waals surface area (Å²) >= 11 is 6.50. The molecular weight excluding hydrogens is 382 g/mol. The molecule has 0 aliphatic carbocycles. The van der Waals surface area contributed by atoms with Gasteiger partial charge in [0.2, 0.25) is 11.0 Å². The first kappa shape index (κ1) is 17.4. The quantitative estimate of drug-likeness (QED) is 0.738. The monoisotopic (exact) mass is 399 g/mol. The fraction of sp³-hybridized carbons (Fsp3) is 0.400. The van der Waals surface area contributed by atoms with Gasteiger partial charge in [-0.2, -0.15) is 0 Å². The van der Waals surface area contributed by atoms with Crippen LogP contribution in [0.15, 0.2) is 33.6 Å². The zero-order valence-corrected chi connectivity index (χ0v) is 15.9. The molecule has 2 aromatic rings. The fourth-order valence-corrected chi connectivity index (χ4v) is 3.48. The minimum absolute atomic E-state index is 0.0266. The van der Waals surface area contributed by atoms with Crippen LogP contribution in [0.2, 0.25) is 0 Å². The Kier molecular flexibility index (Phi) is 6.00. The first-order chi connectivity index (χ1) is 10.3. The summed E-state index contributed by atoms with van der Waals surface area (Å²) in [6, 6.07) is 8.06. The number of amides is 1. The van der Waals surface area contributed by atoms with Crippen LogP contribution in [0.25, 0.3) is 0 Å². The summed E-state index contributed by atoms with van der Waals surface area (Å²) in [5, 5.41) is 12.5. The predicted molar refractivity (Wildman–Crippen MR) is 96.7 cm³/mol. The topological polar surface area (TPSA) is 54.9 Å². The maximum atomic E-state index is 11.9. The van der Waals surface area contributed by atoms with E-state index in [1.165, 1.54) is 11.3 Å². The molecule has 22 heavy (non-hydrogen) atoms. The van der Waals surface area contributed by atoms with Crippen molar-refractivity contribution in [3.8, 4) is 0 Å². The molecule has 0 radical (unpaired) electrons. The number of hydrogen-bond acceptors (Lipinski definition) is 5. The van der Waals surface area contributed by atoms with Crippen molar-refractivity contribution < 1.29 is 4.79 Å². The molecule has 1 aromatic heterocycles. The van der Waals surface area contributed by atoms with E-state index in [9.17, 15) is 4.79 Å². The van der Waals surface area contributed by atoms with Gasteiger partial charge < -0.3 is 5.32 Å². The molecule has 118 valence electrons. The van der Waals surface area contributed by atoms with E-state index in [0.717, 1.165) is 20.1 Å². The average Bonchev–Trinajstić information content (AvgIpc) is 2.89. The second-order valence-electron chi connectivity index (χ2n) is 5.76. The van der Waals surface area contributed by atoms with E-state index in [1.807, 2.05) is 24.3 Å². The molecule has 0 spiro atoms. The Hall–Kier alpha value is -0.920. The molecule has 0 atom stereocenters. The summed E-state index contributed by atoms with van der Waals surface area (Å²) in [4.78, 5) is 13.1. The van der Waals surface area contributed by atoms with E-state index in [0.29, 0.717) is 11.6 Å². The van der Waals surface area contributed by atoms with Gasteiger partial charge in [-0.1, -0.05) is 48.0 Å². The molecule has 1 aromatic carbocycles. The third kappa shape index (κ3) is 5.37. The van der Waals surface area contributed by atoms with Crippen molar-refractivity contribution in [1.29, 1.82) is 0 Å². The van der Waals surface area contributed by atoms with Crippen molar-refractivity contribution >= 4 is 50.1 Å². The minimum Gasteiger partial charge on any atom is -0.301 e. The summed E-state index contributed by atoms with van der Waals surface area (Å²) in [5.41, 5.74) is -0.0436. The number of carbonyl (C=O) groups excluding carboxylic acids is 1. The number of thioether (sulfide) groups is 1. The summed E-state index contributed by atoms with van der Waals surface area (Å²) in [7, 11) is 0. The van der Waals surface area contributed by atoms with Gasteiger partial charge in [-0.25, -0.2) is 0 Å². The normalized spacial score (nSPS) is 11.5. The van der Waals surface area contributed by atoms with Crippen molar-refractivity contribution in [2.24, 2.45) is 0 Å². The van der Waals surface area contributed by atoms with Crippen molar-refractivity contribution in [3.63, 3.8) is 0 Å². The largest absolute Gasteiger partial charge is 0.301 e. The van der Waals surface area contributed by atoms with Crippen LogP contribution in [0.1, 0.15) is 32.2 Å². The van der Waals surface area contributed by atoms with Crippen LogP contribution in [0, 0.1) is 0 Å². The molecule has 1 amide bonds. The molecule has 0 saturated carbocycles. The summed E-state index contributed by atoms with van der Waals surface area (Å²) in [6.07, 6.45) is 0.450. The molecule has 2 rings (SSSR count). The third-order valence-corrected chi connectivity index (χ3v) is 5.53. The Balaban J connectivity index is 1.78. The Morgan fingerprint density at radius 1 is 1.27 bits per heavy atom. The lowest BCUT2D eigenvalue weighted by atomic mass is 9.98. The van der Waals surface area contributed by atoms with Crippen molar-refractivity contribution in [2.75, 3.05) is 11.1 Å². The molecule has 4 nitrogen and oxygen atoms in total. The first-order valence-electron chi connectivity index (χ1n) is 6.87. The van der Waals surface area contributed by atoms with Crippen LogP contribution in [-0.2, 0) is 10.2 Å². The van der Waals surface area contributed by atoms with E-state index < -0.39 is 0 Å². The maximum absolute atomic E-state index is 11.9. The first-order valence-corrected chi connectivity index (χ1v) is 9.46. The minimum atomic E-state index is -0.0436. The number of hydrogen-bond donors (Lipinski definition) is 1. The summed E-state index contributed by atoms with van der Waals surface area (Å²) in [6.45, 7) is 6.23. The maximum Gasteiger partial charge on any atom is 0.227 e. The molecule has 1 heterocycles. The number of halogens is 1. The van der Waals surface area contributed by atoms with Crippen LogP contribution < -0.4 is 5.32 Å². The second kappa shape index (κ2) is 7.57. The zero-order chi connectivity index (χ0) is 16.2. The zero-order valence-electron chi connectivity index (χ0n) is 12.7. The third-order valence-electron chi connectivity index (χ3n) is 2.72.